The van der Waals surface area contributed by atoms with Crippen LogP contribution in [0.4, 0.5) is 0 Å². The average Bonchev–Trinajstić information content (AvgIpc) is 2.41. The molecule has 20 heavy (non-hydrogen) atoms. The van der Waals surface area contributed by atoms with Gasteiger partial charge in [-0.2, -0.15) is 0 Å². The Morgan fingerprint density at radius 3 is 2.10 bits per heavy atom. The van der Waals surface area contributed by atoms with Crippen LogP contribution in [0, 0.1) is 13.8 Å². The summed E-state index contributed by atoms with van der Waals surface area (Å²) in [6.45, 7) is 4.25. The standard InChI is InChI=1S/C16H15Cl3S/c1-10-5-13(8-17)6-11(2)16(10)20-9-12-3-4-14(18)15(19)7-12/h3-7H,8-9H2,1-2H3. The molecule has 0 saturated carbocycles. The molecule has 0 unspecified atom stereocenters. The number of hydrogen-bond donors (Lipinski definition) is 0. The van der Waals surface area contributed by atoms with Gasteiger partial charge in [0.2, 0.25) is 0 Å². The number of hydrogen-bond acceptors (Lipinski definition) is 1. The zero-order chi connectivity index (χ0) is 14.7. The SMILES string of the molecule is Cc1cc(CCl)cc(C)c1SCc1ccc(Cl)c(Cl)c1. The first kappa shape index (κ1) is 16.0. The normalized spacial score (nSPS) is 10.8. The minimum Gasteiger partial charge on any atom is -0.122 e. The fourth-order valence-corrected chi connectivity index (χ4v) is 3.67. The lowest BCUT2D eigenvalue weighted by Gasteiger charge is -2.11. The minimum atomic E-state index is 0.555. The third-order valence-corrected chi connectivity index (χ3v) is 5.50. The zero-order valence-corrected chi connectivity index (χ0v) is 14.4. The largest absolute Gasteiger partial charge is 0.122 e. The van der Waals surface area contributed by atoms with Gasteiger partial charge in [-0.1, -0.05) is 41.4 Å². The molecule has 2 rings (SSSR count). The summed E-state index contributed by atoms with van der Waals surface area (Å²) in [7, 11) is 0. The maximum absolute atomic E-state index is 6.04. The van der Waals surface area contributed by atoms with Gasteiger partial charge in [0.25, 0.3) is 0 Å². The molecule has 0 heterocycles. The molecule has 2 aromatic rings. The molecule has 0 aliphatic heterocycles. The summed E-state index contributed by atoms with van der Waals surface area (Å²) in [5, 5.41) is 1.20. The van der Waals surface area contributed by atoms with Crippen LogP contribution in [0.5, 0.6) is 0 Å². The van der Waals surface area contributed by atoms with Crippen LogP contribution in [-0.4, -0.2) is 0 Å². The van der Waals surface area contributed by atoms with Gasteiger partial charge in [-0.3, -0.25) is 0 Å². The Labute approximate surface area is 139 Å². The molecule has 106 valence electrons. The molecule has 0 aromatic heterocycles. The third kappa shape index (κ3) is 3.85. The van der Waals surface area contributed by atoms with Crippen molar-refractivity contribution in [1.29, 1.82) is 0 Å². The fourth-order valence-electron chi connectivity index (χ4n) is 2.13. The van der Waals surface area contributed by atoms with Crippen LogP contribution in [0.15, 0.2) is 35.2 Å². The van der Waals surface area contributed by atoms with E-state index < -0.39 is 0 Å². The van der Waals surface area contributed by atoms with Crippen molar-refractivity contribution in [3.8, 4) is 0 Å². The van der Waals surface area contributed by atoms with E-state index in [1.165, 1.54) is 27.1 Å². The van der Waals surface area contributed by atoms with Crippen LogP contribution in [0.3, 0.4) is 0 Å². The van der Waals surface area contributed by atoms with Gasteiger partial charge in [-0.05, 0) is 48.2 Å². The Balaban J connectivity index is 2.16. The van der Waals surface area contributed by atoms with Crippen LogP contribution >= 0.6 is 46.6 Å². The highest BCUT2D eigenvalue weighted by atomic mass is 35.5. The van der Waals surface area contributed by atoms with E-state index in [4.69, 9.17) is 34.8 Å². The molecular formula is C16H15Cl3S. The smallest absolute Gasteiger partial charge is 0.0595 e. The molecule has 0 nitrogen and oxygen atoms in total. The lowest BCUT2D eigenvalue weighted by molar-refractivity contribution is 1.17. The molecule has 0 atom stereocenters. The van der Waals surface area contributed by atoms with Crippen LogP contribution < -0.4 is 0 Å². The Morgan fingerprint density at radius 1 is 0.900 bits per heavy atom. The lowest BCUT2D eigenvalue weighted by Crippen LogP contribution is -1.90. The van der Waals surface area contributed by atoms with Crippen LogP contribution in [-0.2, 0) is 11.6 Å². The Morgan fingerprint density at radius 2 is 1.55 bits per heavy atom. The molecule has 0 bridgehead atoms. The predicted molar refractivity (Wildman–Crippen MR) is 91.5 cm³/mol. The van der Waals surface area contributed by atoms with Gasteiger partial charge in [-0.15, -0.1) is 23.4 Å². The average molecular weight is 346 g/mol. The second-order valence-corrected chi connectivity index (χ2v) is 6.80. The fraction of sp³-hybridized carbons (Fsp3) is 0.250. The van der Waals surface area contributed by atoms with E-state index in [1.54, 1.807) is 0 Å². The molecule has 4 heteroatoms. The molecule has 2 aromatic carbocycles. The Bertz CT molecular complexity index is 600. The Kier molecular flexibility index (Phi) is 5.68. The first-order chi connectivity index (χ1) is 9.51. The maximum Gasteiger partial charge on any atom is 0.0595 e. The summed E-state index contributed by atoms with van der Waals surface area (Å²) < 4.78 is 0. The monoisotopic (exact) mass is 344 g/mol. The van der Waals surface area contributed by atoms with Gasteiger partial charge in [0.05, 0.1) is 10.0 Å². The molecular weight excluding hydrogens is 331 g/mol. The number of alkyl halides is 1. The van der Waals surface area contributed by atoms with Crippen molar-refractivity contribution in [3.63, 3.8) is 0 Å². The van der Waals surface area contributed by atoms with Gasteiger partial charge in [-0.25, -0.2) is 0 Å². The van der Waals surface area contributed by atoms with Gasteiger partial charge < -0.3 is 0 Å². The highest BCUT2D eigenvalue weighted by Gasteiger charge is 2.07. The van der Waals surface area contributed by atoms with E-state index in [1.807, 2.05) is 30.0 Å². The Hall–Kier alpha value is -0.340. The summed E-state index contributed by atoms with van der Waals surface area (Å²) in [4.78, 5) is 1.31. The summed E-state index contributed by atoms with van der Waals surface area (Å²) in [5.74, 6) is 1.43. The van der Waals surface area contributed by atoms with Crippen molar-refractivity contribution in [2.45, 2.75) is 30.4 Å². The number of aryl methyl sites for hydroxylation is 2. The molecule has 0 N–H and O–H groups in total. The maximum atomic E-state index is 6.04. The zero-order valence-electron chi connectivity index (χ0n) is 11.3. The molecule has 0 fully saturated rings. The van der Waals surface area contributed by atoms with Gasteiger partial charge >= 0.3 is 0 Å². The summed E-state index contributed by atoms with van der Waals surface area (Å²) >= 11 is 19.7. The molecule has 0 saturated heterocycles. The van der Waals surface area contributed by atoms with Gasteiger partial charge in [0.1, 0.15) is 0 Å². The second-order valence-electron chi connectivity index (χ2n) is 4.73. The van der Waals surface area contributed by atoms with E-state index >= 15 is 0 Å². The highest BCUT2D eigenvalue weighted by molar-refractivity contribution is 7.98. The summed E-state index contributed by atoms with van der Waals surface area (Å²) in [6.07, 6.45) is 0. The summed E-state index contributed by atoms with van der Waals surface area (Å²) in [5.41, 5.74) is 4.88. The van der Waals surface area contributed by atoms with Gasteiger partial charge in [0, 0.05) is 16.5 Å². The number of rotatable bonds is 4. The predicted octanol–water partition coefficient (Wildman–Crippen LogP) is 6.64. The number of thioether (sulfide) groups is 1. The third-order valence-electron chi connectivity index (χ3n) is 3.04. The molecule has 0 amide bonds. The van der Waals surface area contributed by atoms with E-state index in [0.29, 0.717) is 15.9 Å². The molecule has 0 aliphatic rings. The number of benzene rings is 2. The van der Waals surface area contributed by atoms with Crippen molar-refractivity contribution in [1.82, 2.24) is 0 Å². The first-order valence-electron chi connectivity index (χ1n) is 6.24. The van der Waals surface area contributed by atoms with Crippen molar-refractivity contribution in [2.24, 2.45) is 0 Å². The van der Waals surface area contributed by atoms with E-state index in [2.05, 4.69) is 26.0 Å². The van der Waals surface area contributed by atoms with Crippen LogP contribution in [0.2, 0.25) is 10.0 Å². The molecule has 0 radical (unpaired) electrons. The quantitative estimate of drug-likeness (QED) is 0.442. The van der Waals surface area contributed by atoms with E-state index in [-0.39, 0.29) is 0 Å². The van der Waals surface area contributed by atoms with Crippen molar-refractivity contribution in [2.75, 3.05) is 0 Å². The number of halogens is 3. The lowest BCUT2D eigenvalue weighted by atomic mass is 10.1. The first-order valence-corrected chi connectivity index (χ1v) is 8.51. The van der Waals surface area contributed by atoms with Gasteiger partial charge in [0.15, 0.2) is 0 Å². The van der Waals surface area contributed by atoms with E-state index in [0.717, 1.165) is 5.75 Å². The second kappa shape index (κ2) is 7.09. The van der Waals surface area contributed by atoms with Crippen molar-refractivity contribution < 1.29 is 0 Å². The van der Waals surface area contributed by atoms with E-state index in [9.17, 15) is 0 Å². The minimum absolute atomic E-state index is 0.555. The topological polar surface area (TPSA) is 0 Å². The summed E-state index contributed by atoms with van der Waals surface area (Å²) in [6, 6.07) is 10.1. The highest BCUT2D eigenvalue weighted by Crippen LogP contribution is 2.32. The molecule has 0 aliphatic carbocycles. The van der Waals surface area contributed by atoms with Crippen molar-refractivity contribution >= 4 is 46.6 Å². The van der Waals surface area contributed by atoms with Crippen LogP contribution in [0.25, 0.3) is 0 Å². The van der Waals surface area contributed by atoms with Crippen LogP contribution in [0.1, 0.15) is 22.3 Å². The van der Waals surface area contributed by atoms with Crippen molar-refractivity contribution in [3.05, 3.63) is 62.6 Å². The molecule has 0 spiro atoms.